The Morgan fingerprint density at radius 1 is 0.943 bits per heavy atom. The van der Waals surface area contributed by atoms with Crippen LogP contribution in [0.15, 0.2) is 47.7 Å². The summed E-state index contributed by atoms with van der Waals surface area (Å²) in [6.45, 7) is 0.462. The Labute approximate surface area is 203 Å². The Morgan fingerprint density at radius 2 is 1.74 bits per heavy atom. The van der Waals surface area contributed by atoms with Crippen LogP contribution in [0.1, 0.15) is 42.9 Å². The molecule has 35 heavy (non-hydrogen) atoms. The molecular weight excluding hydrogens is 450 g/mol. The first-order valence-corrected chi connectivity index (χ1v) is 12.0. The predicted molar refractivity (Wildman–Crippen MR) is 124 cm³/mol. The summed E-state index contributed by atoms with van der Waals surface area (Å²) < 4.78 is 28.1. The van der Waals surface area contributed by atoms with Gasteiger partial charge in [-0.1, -0.05) is 18.6 Å². The minimum atomic E-state index is -0.585. The topological polar surface area (TPSA) is 83.5 Å². The standard InChI is InChI=1S/C27H27NO7/c1-31-19-10-8-16(12-21(19)32-2)24-23-25(29)17-5-3-4-6-18(17)35-26(23)27(30)28(24)13-15-7-9-20-22(11-15)34-14-33-20/h7-12,17-18,24H,3-6,13-14H2,1-2H3. The molecule has 182 valence electrons. The highest BCUT2D eigenvalue weighted by Gasteiger charge is 2.52. The van der Waals surface area contributed by atoms with Crippen molar-refractivity contribution < 1.29 is 33.3 Å². The monoisotopic (exact) mass is 477 g/mol. The number of rotatable bonds is 5. The Morgan fingerprint density at radius 3 is 2.57 bits per heavy atom. The van der Waals surface area contributed by atoms with Crippen molar-refractivity contribution in [2.24, 2.45) is 5.92 Å². The molecule has 0 bridgehead atoms. The number of methoxy groups -OCH3 is 2. The van der Waals surface area contributed by atoms with Gasteiger partial charge in [-0.25, -0.2) is 0 Å². The van der Waals surface area contributed by atoms with Crippen LogP contribution >= 0.6 is 0 Å². The number of benzene rings is 2. The molecule has 3 atom stereocenters. The second kappa shape index (κ2) is 8.52. The third-order valence-corrected chi connectivity index (χ3v) is 7.37. The third-order valence-electron chi connectivity index (χ3n) is 7.37. The third kappa shape index (κ3) is 3.50. The maximum absolute atomic E-state index is 13.8. The van der Waals surface area contributed by atoms with Gasteiger partial charge < -0.3 is 28.6 Å². The molecule has 0 N–H and O–H groups in total. The van der Waals surface area contributed by atoms with Gasteiger partial charge in [0.05, 0.1) is 31.8 Å². The van der Waals surface area contributed by atoms with Crippen molar-refractivity contribution in [3.8, 4) is 23.0 Å². The van der Waals surface area contributed by atoms with Gasteiger partial charge in [0, 0.05) is 6.54 Å². The lowest BCUT2D eigenvalue weighted by Crippen LogP contribution is -2.39. The first-order valence-electron chi connectivity index (χ1n) is 12.0. The number of amides is 1. The predicted octanol–water partition coefficient (Wildman–Crippen LogP) is 3.93. The average Bonchev–Trinajstić information content (AvgIpc) is 3.46. The van der Waals surface area contributed by atoms with E-state index in [0.717, 1.165) is 36.8 Å². The summed E-state index contributed by atoms with van der Waals surface area (Å²) in [6, 6.07) is 10.5. The number of carbonyl (C=O) groups is 2. The van der Waals surface area contributed by atoms with E-state index in [1.807, 2.05) is 30.3 Å². The molecule has 0 radical (unpaired) electrons. The van der Waals surface area contributed by atoms with E-state index in [2.05, 4.69) is 0 Å². The highest BCUT2D eigenvalue weighted by atomic mass is 16.7. The smallest absolute Gasteiger partial charge is 0.290 e. The first kappa shape index (κ1) is 21.8. The van der Waals surface area contributed by atoms with Gasteiger partial charge >= 0.3 is 0 Å². The van der Waals surface area contributed by atoms with Crippen LogP contribution in [0.2, 0.25) is 0 Å². The number of nitrogens with zero attached hydrogens (tertiary/aromatic N) is 1. The van der Waals surface area contributed by atoms with Crippen LogP contribution in [0.4, 0.5) is 0 Å². The molecule has 8 nitrogen and oxygen atoms in total. The van der Waals surface area contributed by atoms with Gasteiger partial charge in [-0.15, -0.1) is 0 Å². The van der Waals surface area contributed by atoms with Crippen LogP contribution in [0.5, 0.6) is 23.0 Å². The Hall–Kier alpha value is -3.68. The maximum Gasteiger partial charge on any atom is 0.290 e. The lowest BCUT2D eigenvalue weighted by molar-refractivity contribution is -0.135. The number of carbonyl (C=O) groups excluding carboxylic acids is 2. The van der Waals surface area contributed by atoms with E-state index >= 15 is 0 Å². The molecule has 8 heteroatoms. The van der Waals surface area contributed by atoms with Gasteiger partial charge in [0.1, 0.15) is 6.10 Å². The maximum atomic E-state index is 13.8. The number of hydrogen-bond donors (Lipinski definition) is 0. The molecular formula is C27H27NO7. The van der Waals surface area contributed by atoms with Gasteiger partial charge in [-0.2, -0.15) is 0 Å². The van der Waals surface area contributed by atoms with Crippen molar-refractivity contribution in [3.05, 3.63) is 58.9 Å². The van der Waals surface area contributed by atoms with Crippen molar-refractivity contribution in [3.63, 3.8) is 0 Å². The van der Waals surface area contributed by atoms with Crippen molar-refractivity contribution in [1.29, 1.82) is 0 Å². The highest BCUT2D eigenvalue weighted by Crippen LogP contribution is 2.48. The number of ether oxygens (including phenoxy) is 5. The van der Waals surface area contributed by atoms with Crippen LogP contribution in [0.25, 0.3) is 0 Å². The number of fused-ring (bicyclic) bond motifs is 2. The summed E-state index contributed by atoms with van der Waals surface area (Å²) in [6.07, 6.45) is 3.36. The lowest BCUT2D eigenvalue weighted by atomic mass is 9.77. The minimum Gasteiger partial charge on any atom is -0.493 e. The van der Waals surface area contributed by atoms with Crippen molar-refractivity contribution in [2.45, 2.75) is 44.4 Å². The quantitative estimate of drug-likeness (QED) is 0.645. The van der Waals surface area contributed by atoms with E-state index in [9.17, 15) is 9.59 Å². The van der Waals surface area contributed by atoms with E-state index < -0.39 is 6.04 Å². The van der Waals surface area contributed by atoms with Gasteiger partial charge in [-0.05, 0) is 54.7 Å². The van der Waals surface area contributed by atoms with Crippen LogP contribution in [0.3, 0.4) is 0 Å². The van der Waals surface area contributed by atoms with Gasteiger partial charge in [0.2, 0.25) is 6.79 Å². The molecule has 0 spiro atoms. The molecule has 0 saturated heterocycles. The van der Waals surface area contributed by atoms with Crippen molar-refractivity contribution in [2.75, 3.05) is 21.0 Å². The Balaban J connectivity index is 1.43. The van der Waals surface area contributed by atoms with E-state index in [4.69, 9.17) is 23.7 Å². The van der Waals surface area contributed by atoms with Gasteiger partial charge in [-0.3, -0.25) is 9.59 Å². The lowest BCUT2D eigenvalue weighted by Gasteiger charge is -2.35. The zero-order valence-corrected chi connectivity index (χ0v) is 19.7. The summed E-state index contributed by atoms with van der Waals surface area (Å²) in [5.74, 6) is 2.19. The summed E-state index contributed by atoms with van der Waals surface area (Å²) in [5, 5.41) is 0. The van der Waals surface area contributed by atoms with Crippen LogP contribution in [-0.2, 0) is 20.9 Å². The van der Waals surface area contributed by atoms with Crippen molar-refractivity contribution >= 4 is 11.7 Å². The number of hydrogen-bond acceptors (Lipinski definition) is 7. The number of ketones is 1. The summed E-state index contributed by atoms with van der Waals surface area (Å²) in [5.41, 5.74) is 2.09. The second-order valence-electron chi connectivity index (χ2n) is 9.29. The van der Waals surface area contributed by atoms with Crippen LogP contribution in [-0.4, -0.2) is 43.7 Å². The average molecular weight is 478 g/mol. The summed E-state index contributed by atoms with van der Waals surface area (Å²) in [7, 11) is 3.14. The zero-order valence-electron chi connectivity index (χ0n) is 19.7. The van der Waals surface area contributed by atoms with Gasteiger partial charge in [0.25, 0.3) is 5.91 Å². The van der Waals surface area contributed by atoms with E-state index in [-0.39, 0.29) is 42.8 Å². The Kier molecular flexibility index (Phi) is 5.31. The molecule has 0 aromatic heterocycles. The first-order chi connectivity index (χ1) is 17.1. The fourth-order valence-electron chi connectivity index (χ4n) is 5.66. The van der Waals surface area contributed by atoms with Gasteiger partial charge in [0.15, 0.2) is 34.5 Å². The number of Topliss-reactive ketones (excluding diaryl/α,β-unsaturated/α-hetero) is 1. The van der Waals surface area contributed by atoms with Crippen LogP contribution in [0, 0.1) is 5.92 Å². The second-order valence-corrected chi connectivity index (χ2v) is 9.29. The fourth-order valence-corrected chi connectivity index (χ4v) is 5.66. The zero-order chi connectivity index (χ0) is 24.1. The normalized spacial score (nSPS) is 24.7. The molecule has 1 fully saturated rings. The molecule has 3 aliphatic heterocycles. The molecule has 1 amide bonds. The Bertz CT molecular complexity index is 1240. The van der Waals surface area contributed by atoms with Crippen LogP contribution < -0.4 is 18.9 Å². The summed E-state index contributed by atoms with van der Waals surface area (Å²) in [4.78, 5) is 29.2. The summed E-state index contributed by atoms with van der Waals surface area (Å²) >= 11 is 0. The molecule has 1 saturated carbocycles. The molecule has 1 aliphatic carbocycles. The SMILES string of the molecule is COc1ccc(C2C3=C(OC4CCCCC4C3=O)C(=O)N2Cc2ccc3c(c2)OCO3)cc1OC. The molecule has 6 rings (SSSR count). The highest BCUT2D eigenvalue weighted by molar-refractivity contribution is 6.11. The molecule has 2 aromatic rings. The van der Waals surface area contributed by atoms with E-state index in [1.165, 1.54) is 0 Å². The minimum absolute atomic E-state index is 0.0253. The molecule has 3 unspecified atom stereocenters. The molecule has 2 aromatic carbocycles. The van der Waals surface area contributed by atoms with Crippen molar-refractivity contribution in [1.82, 2.24) is 4.90 Å². The molecule has 3 heterocycles. The fraction of sp³-hybridized carbons (Fsp3) is 0.407. The van der Waals surface area contributed by atoms with E-state index in [0.29, 0.717) is 28.6 Å². The largest absolute Gasteiger partial charge is 0.493 e. The molecule has 4 aliphatic rings. The van der Waals surface area contributed by atoms with E-state index in [1.54, 1.807) is 25.2 Å².